The predicted octanol–water partition coefficient (Wildman–Crippen LogP) is 1.19. The Bertz CT molecular complexity index is 577. The smallest absolute Gasteiger partial charge is 0.243 e. The van der Waals surface area contributed by atoms with Gasteiger partial charge in [-0.15, -0.1) is 0 Å². The molecular formula is C13H19ClN2O3S. The van der Waals surface area contributed by atoms with Crippen LogP contribution in [0.2, 0.25) is 5.02 Å². The van der Waals surface area contributed by atoms with E-state index in [0.717, 1.165) is 12.0 Å². The third-order valence-electron chi connectivity index (χ3n) is 3.67. The number of halogens is 1. The van der Waals surface area contributed by atoms with E-state index in [9.17, 15) is 8.42 Å². The molecule has 0 amide bonds. The molecule has 7 heteroatoms. The van der Waals surface area contributed by atoms with E-state index in [-0.39, 0.29) is 24.0 Å². The number of nitrogens with two attached hydrogens (primary N) is 1. The fraction of sp³-hybridized carbons (Fsp3) is 0.538. The largest absolute Gasteiger partial charge is 0.396 e. The van der Waals surface area contributed by atoms with E-state index in [2.05, 4.69) is 0 Å². The average molecular weight is 319 g/mol. The normalized spacial score (nSPS) is 20.4. The molecule has 0 aromatic heterocycles. The van der Waals surface area contributed by atoms with Crippen molar-refractivity contribution in [2.45, 2.75) is 24.3 Å². The molecule has 20 heavy (non-hydrogen) atoms. The molecule has 1 atom stereocenters. The van der Waals surface area contributed by atoms with Gasteiger partial charge in [-0.05, 0) is 36.5 Å². The van der Waals surface area contributed by atoms with Gasteiger partial charge in [-0.25, -0.2) is 8.42 Å². The lowest BCUT2D eigenvalue weighted by molar-refractivity contribution is 0.259. The summed E-state index contributed by atoms with van der Waals surface area (Å²) in [5.41, 5.74) is 6.24. The molecule has 0 spiro atoms. The summed E-state index contributed by atoms with van der Waals surface area (Å²) in [5.74, 6) is 0.230. The van der Waals surface area contributed by atoms with Crippen LogP contribution in [-0.2, 0) is 16.6 Å². The zero-order valence-corrected chi connectivity index (χ0v) is 12.7. The molecule has 0 bridgehead atoms. The number of aliphatic hydroxyl groups excluding tert-OH is 1. The van der Waals surface area contributed by atoms with Crippen molar-refractivity contribution in [3.8, 4) is 0 Å². The third kappa shape index (κ3) is 3.15. The number of hydrogen-bond acceptors (Lipinski definition) is 4. The molecular weight excluding hydrogens is 300 g/mol. The maximum atomic E-state index is 12.5. The molecule has 1 aromatic rings. The van der Waals surface area contributed by atoms with Crippen LogP contribution < -0.4 is 5.73 Å². The number of nitrogens with zero attached hydrogens (tertiary/aromatic N) is 1. The summed E-state index contributed by atoms with van der Waals surface area (Å²) in [6.45, 7) is 1.32. The van der Waals surface area contributed by atoms with E-state index >= 15 is 0 Å². The lowest BCUT2D eigenvalue weighted by Crippen LogP contribution is -2.29. The van der Waals surface area contributed by atoms with Crippen LogP contribution in [0.1, 0.15) is 18.4 Å². The minimum atomic E-state index is -3.51. The van der Waals surface area contributed by atoms with E-state index in [1.165, 1.54) is 10.4 Å². The molecule has 1 fully saturated rings. The Morgan fingerprint density at radius 3 is 2.80 bits per heavy atom. The van der Waals surface area contributed by atoms with Gasteiger partial charge in [0.05, 0.1) is 4.90 Å². The molecule has 1 heterocycles. The molecule has 112 valence electrons. The number of aliphatic hydroxyl groups is 1. The molecule has 1 aliphatic heterocycles. The first-order valence-electron chi connectivity index (χ1n) is 6.58. The number of rotatable bonds is 5. The van der Waals surface area contributed by atoms with E-state index in [4.69, 9.17) is 22.4 Å². The van der Waals surface area contributed by atoms with Crippen molar-refractivity contribution in [1.29, 1.82) is 0 Å². The molecule has 1 saturated heterocycles. The molecule has 0 saturated carbocycles. The van der Waals surface area contributed by atoms with Crippen LogP contribution in [0.5, 0.6) is 0 Å². The number of sulfonamides is 1. The van der Waals surface area contributed by atoms with Gasteiger partial charge in [0.25, 0.3) is 0 Å². The highest BCUT2D eigenvalue weighted by Crippen LogP contribution is 2.28. The zero-order chi connectivity index (χ0) is 14.8. The summed E-state index contributed by atoms with van der Waals surface area (Å²) in [6.07, 6.45) is 1.42. The van der Waals surface area contributed by atoms with Gasteiger partial charge >= 0.3 is 0 Å². The molecule has 2 rings (SSSR count). The Balaban J connectivity index is 2.21. The summed E-state index contributed by atoms with van der Waals surface area (Å²) in [7, 11) is -3.51. The fourth-order valence-corrected chi connectivity index (χ4v) is 4.32. The van der Waals surface area contributed by atoms with Crippen molar-refractivity contribution in [2.75, 3.05) is 19.7 Å². The van der Waals surface area contributed by atoms with Crippen molar-refractivity contribution >= 4 is 21.6 Å². The highest BCUT2D eigenvalue weighted by Gasteiger charge is 2.32. The lowest BCUT2D eigenvalue weighted by atomic mass is 10.1. The van der Waals surface area contributed by atoms with Gasteiger partial charge in [0.2, 0.25) is 10.0 Å². The third-order valence-corrected chi connectivity index (χ3v) is 5.88. The summed E-state index contributed by atoms with van der Waals surface area (Å²) in [6, 6.07) is 4.65. The van der Waals surface area contributed by atoms with Gasteiger partial charge < -0.3 is 10.8 Å². The van der Waals surface area contributed by atoms with Crippen molar-refractivity contribution in [1.82, 2.24) is 4.31 Å². The molecule has 3 N–H and O–H groups in total. The minimum absolute atomic E-state index is 0.0928. The van der Waals surface area contributed by atoms with Gasteiger partial charge in [0.15, 0.2) is 0 Å². The molecule has 0 radical (unpaired) electrons. The summed E-state index contributed by atoms with van der Waals surface area (Å²) in [4.78, 5) is 0.198. The standard InChI is InChI=1S/C13H19ClN2O3S/c14-13-7-12(2-1-11(13)8-15)20(18,19)16-5-3-10(9-16)4-6-17/h1-2,7,10,17H,3-6,8-9,15H2. The van der Waals surface area contributed by atoms with Crippen molar-refractivity contribution in [3.63, 3.8) is 0 Å². The van der Waals surface area contributed by atoms with Gasteiger partial charge in [-0.2, -0.15) is 4.31 Å². The van der Waals surface area contributed by atoms with E-state index in [1.807, 2.05) is 0 Å². The Labute approximate surface area is 124 Å². The number of benzene rings is 1. The maximum absolute atomic E-state index is 12.5. The van der Waals surface area contributed by atoms with Gasteiger partial charge in [-0.1, -0.05) is 17.7 Å². The maximum Gasteiger partial charge on any atom is 0.243 e. The SMILES string of the molecule is NCc1ccc(S(=O)(=O)N2CCC(CCO)C2)cc1Cl. The Morgan fingerprint density at radius 2 is 2.20 bits per heavy atom. The lowest BCUT2D eigenvalue weighted by Gasteiger charge is -2.17. The topological polar surface area (TPSA) is 83.6 Å². The minimum Gasteiger partial charge on any atom is -0.396 e. The molecule has 1 aliphatic rings. The first-order chi connectivity index (χ1) is 9.48. The van der Waals surface area contributed by atoms with Crippen LogP contribution in [0.15, 0.2) is 23.1 Å². The van der Waals surface area contributed by atoms with Crippen molar-refractivity contribution < 1.29 is 13.5 Å². The quantitative estimate of drug-likeness (QED) is 0.854. The average Bonchev–Trinajstić information content (AvgIpc) is 2.88. The van der Waals surface area contributed by atoms with E-state index in [0.29, 0.717) is 24.5 Å². The first-order valence-corrected chi connectivity index (χ1v) is 8.40. The second-order valence-corrected chi connectivity index (χ2v) is 7.33. The second kappa shape index (κ2) is 6.41. The molecule has 5 nitrogen and oxygen atoms in total. The highest BCUT2D eigenvalue weighted by atomic mass is 35.5. The van der Waals surface area contributed by atoms with Crippen molar-refractivity contribution in [3.05, 3.63) is 28.8 Å². The molecule has 1 unspecified atom stereocenters. The summed E-state index contributed by atoms with van der Waals surface area (Å²) >= 11 is 6.02. The molecule has 1 aromatic carbocycles. The Morgan fingerprint density at radius 1 is 1.45 bits per heavy atom. The van der Waals surface area contributed by atoms with Crippen LogP contribution in [0, 0.1) is 5.92 Å². The van der Waals surface area contributed by atoms with Crippen LogP contribution in [-0.4, -0.2) is 37.5 Å². The Hall–Kier alpha value is -0.660. The fourth-order valence-electron chi connectivity index (χ4n) is 2.44. The van der Waals surface area contributed by atoms with Crippen LogP contribution in [0.25, 0.3) is 0 Å². The van der Waals surface area contributed by atoms with Crippen LogP contribution in [0.3, 0.4) is 0 Å². The van der Waals surface area contributed by atoms with Gasteiger partial charge in [0.1, 0.15) is 0 Å². The Kier molecular flexibility index (Phi) is 5.04. The monoisotopic (exact) mass is 318 g/mol. The van der Waals surface area contributed by atoms with Crippen LogP contribution >= 0.6 is 11.6 Å². The van der Waals surface area contributed by atoms with E-state index < -0.39 is 10.0 Å². The van der Waals surface area contributed by atoms with Gasteiger partial charge in [-0.3, -0.25) is 0 Å². The zero-order valence-electron chi connectivity index (χ0n) is 11.1. The molecule has 0 aliphatic carbocycles. The highest BCUT2D eigenvalue weighted by molar-refractivity contribution is 7.89. The van der Waals surface area contributed by atoms with Crippen LogP contribution in [0.4, 0.5) is 0 Å². The summed E-state index contributed by atoms with van der Waals surface area (Å²) < 4.78 is 26.5. The first kappa shape index (κ1) is 15.7. The number of hydrogen-bond donors (Lipinski definition) is 2. The second-order valence-electron chi connectivity index (χ2n) is 4.99. The van der Waals surface area contributed by atoms with Gasteiger partial charge in [0, 0.05) is 31.3 Å². The predicted molar refractivity (Wildman–Crippen MR) is 77.9 cm³/mol. The van der Waals surface area contributed by atoms with Crippen molar-refractivity contribution in [2.24, 2.45) is 11.7 Å². The van der Waals surface area contributed by atoms with E-state index in [1.54, 1.807) is 12.1 Å². The summed E-state index contributed by atoms with van der Waals surface area (Å²) in [5, 5.41) is 9.30.